The highest BCUT2D eigenvalue weighted by atomic mass is 32.2. The molecule has 6 heteroatoms. The SMILES string of the molecule is COc1ccc(S(=O)(=O)N2CCC(OCC(C)C)CC2)cc1. The molecule has 0 spiro atoms. The van der Waals surface area contributed by atoms with Gasteiger partial charge in [-0.3, -0.25) is 0 Å². The minimum atomic E-state index is -3.42. The van der Waals surface area contributed by atoms with Crippen molar-refractivity contribution < 1.29 is 17.9 Å². The van der Waals surface area contributed by atoms with Gasteiger partial charge in [0.15, 0.2) is 0 Å². The highest BCUT2D eigenvalue weighted by molar-refractivity contribution is 7.89. The summed E-state index contributed by atoms with van der Waals surface area (Å²) in [5.74, 6) is 1.15. The molecule has 0 amide bonds. The van der Waals surface area contributed by atoms with Gasteiger partial charge in [-0.05, 0) is 43.0 Å². The van der Waals surface area contributed by atoms with Crippen molar-refractivity contribution in [3.8, 4) is 5.75 Å². The predicted octanol–water partition coefficient (Wildman–Crippen LogP) is 2.52. The largest absolute Gasteiger partial charge is 0.497 e. The van der Waals surface area contributed by atoms with E-state index in [1.165, 1.54) is 0 Å². The maximum absolute atomic E-state index is 12.6. The van der Waals surface area contributed by atoms with Crippen LogP contribution in [0, 0.1) is 5.92 Å². The van der Waals surface area contributed by atoms with Crippen molar-refractivity contribution in [3.63, 3.8) is 0 Å². The molecular formula is C16H25NO4S. The summed E-state index contributed by atoms with van der Waals surface area (Å²) in [5.41, 5.74) is 0. The Balaban J connectivity index is 1.96. The van der Waals surface area contributed by atoms with E-state index in [0.29, 0.717) is 29.7 Å². The Kier molecular flexibility index (Phi) is 5.83. The lowest BCUT2D eigenvalue weighted by Crippen LogP contribution is -2.41. The third kappa shape index (κ3) is 4.21. The Morgan fingerprint density at radius 1 is 1.18 bits per heavy atom. The van der Waals surface area contributed by atoms with Gasteiger partial charge in [0, 0.05) is 19.7 Å². The van der Waals surface area contributed by atoms with Crippen LogP contribution in [0.3, 0.4) is 0 Å². The fraction of sp³-hybridized carbons (Fsp3) is 0.625. The van der Waals surface area contributed by atoms with Crippen LogP contribution in [0.4, 0.5) is 0 Å². The molecule has 1 heterocycles. The molecule has 0 unspecified atom stereocenters. The molecule has 0 aliphatic carbocycles. The second kappa shape index (κ2) is 7.44. The van der Waals surface area contributed by atoms with Gasteiger partial charge in [-0.25, -0.2) is 8.42 Å². The zero-order chi connectivity index (χ0) is 16.2. The van der Waals surface area contributed by atoms with Crippen LogP contribution in [0.5, 0.6) is 5.75 Å². The minimum absolute atomic E-state index is 0.171. The average molecular weight is 327 g/mol. The zero-order valence-corrected chi connectivity index (χ0v) is 14.3. The molecule has 1 aliphatic rings. The van der Waals surface area contributed by atoms with E-state index in [1.807, 2.05) is 0 Å². The van der Waals surface area contributed by atoms with Crippen molar-refractivity contribution in [2.24, 2.45) is 5.92 Å². The lowest BCUT2D eigenvalue weighted by atomic mass is 10.1. The Morgan fingerprint density at radius 3 is 2.27 bits per heavy atom. The van der Waals surface area contributed by atoms with E-state index < -0.39 is 10.0 Å². The topological polar surface area (TPSA) is 55.8 Å². The first-order valence-electron chi connectivity index (χ1n) is 7.69. The summed E-state index contributed by atoms with van der Waals surface area (Å²) >= 11 is 0. The van der Waals surface area contributed by atoms with Gasteiger partial charge in [0.1, 0.15) is 5.75 Å². The summed E-state index contributed by atoms with van der Waals surface area (Å²) in [6.45, 7) is 5.98. The average Bonchev–Trinajstić information content (AvgIpc) is 2.53. The Labute approximate surface area is 133 Å². The molecule has 0 saturated carbocycles. The lowest BCUT2D eigenvalue weighted by molar-refractivity contribution is 0.00749. The van der Waals surface area contributed by atoms with Crippen molar-refractivity contribution >= 4 is 10.0 Å². The Morgan fingerprint density at radius 2 is 1.77 bits per heavy atom. The normalized spacial score (nSPS) is 17.8. The summed E-state index contributed by atoms with van der Waals surface area (Å²) in [4.78, 5) is 0.315. The molecular weight excluding hydrogens is 302 g/mol. The number of rotatable bonds is 6. The van der Waals surface area contributed by atoms with Crippen LogP contribution in [0.15, 0.2) is 29.2 Å². The first kappa shape index (κ1) is 17.2. The fourth-order valence-electron chi connectivity index (χ4n) is 2.46. The van der Waals surface area contributed by atoms with Crippen LogP contribution in [0.25, 0.3) is 0 Å². The smallest absolute Gasteiger partial charge is 0.243 e. The molecule has 5 nitrogen and oxygen atoms in total. The van der Waals surface area contributed by atoms with Gasteiger partial charge in [-0.1, -0.05) is 13.8 Å². The number of ether oxygens (including phenoxy) is 2. The summed E-state index contributed by atoms with van der Waals surface area (Å²) in [6.07, 6.45) is 1.68. The number of hydrogen-bond donors (Lipinski definition) is 0. The highest BCUT2D eigenvalue weighted by Gasteiger charge is 2.29. The van der Waals surface area contributed by atoms with E-state index >= 15 is 0 Å². The summed E-state index contributed by atoms with van der Waals surface area (Å²) < 4.78 is 37.6. The molecule has 1 aromatic carbocycles. The van der Waals surface area contributed by atoms with E-state index in [1.54, 1.807) is 35.7 Å². The van der Waals surface area contributed by atoms with Gasteiger partial charge in [-0.15, -0.1) is 0 Å². The van der Waals surface area contributed by atoms with Crippen LogP contribution in [-0.2, 0) is 14.8 Å². The van der Waals surface area contributed by atoms with E-state index in [9.17, 15) is 8.42 Å². The third-order valence-electron chi connectivity index (χ3n) is 3.76. The first-order valence-corrected chi connectivity index (χ1v) is 9.13. The Hall–Kier alpha value is -1.11. The quantitative estimate of drug-likeness (QED) is 0.805. The van der Waals surface area contributed by atoms with E-state index in [2.05, 4.69) is 13.8 Å². The highest BCUT2D eigenvalue weighted by Crippen LogP contribution is 2.23. The van der Waals surface area contributed by atoms with Gasteiger partial charge in [0.2, 0.25) is 10.0 Å². The van der Waals surface area contributed by atoms with Crippen molar-refractivity contribution in [3.05, 3.63) is 24.3 Å². The molecule has 0 radical (unpaired) electrons. The van der Waals surface area contributed by atoms with E-state index in [-0.39, 0.29) is 6.10 Å². The van der Waals surface area contributed by atoms with Crippen LogP contribution in [0.1, 0.15) is 26.7 Å². The van der Waals surface area contributed by atoms with Crippen molar-refractivity contribution in [2.45, 2.75) is 37.7 Å². The number of benzene rings is 1. The molecule has 1 aromatic rings. The van der Waals surface area contributed by atoms with Gasteiger partial charge in [0.05, 0.1) is 18.1 Å². The molecule has 0 bridgehead atoms. The zero-order valence-electron chi connectivity index (χ0n) is 13.5. The summed E-state index contributed by atoms with van der Waals surface area (Å²) in [7, 11) is -1.86. The van der Waals surface area contributed by atoms with Crippen molar-refractivity contribution in [1.82, 2.24) is 4.31 Å². The maximum atomic E-state index is 12.6. The molecule has 0 aromatic heterocycles. The van der Waals surface area contributed by atoms with Crippen LogP contribution < -0.4 is 4.74 Å². The maximum Gasteiger partial charge on any atom is 0.243 e. The van der Waals surface area contributed by atoms with Crippen LogP contribution >= 0.6 is 0 Å². The molecule has 1 fully saturated rings. The lowest BCUT2D eigenvalue weighted by Gasteiger charge is -2.31. The van der Waals surface area contributed by atoms with Gasteiger partial charge in [-0.2, -0.15) is 4.31 Å². The number of nitrogens with zero attached hydrogens (tertiary/aromatic N) is 1. The number of hydrogen-bond acceptors (Lipinski definition) is 4. The number of piperidine rings is 1. The van der Waals surface area contributed by atoms with Crippen molar-refractivity contribution in [1.29, 1.82) is 0 Å². The molecule has 22 heavy (non-hydrogen) atoms. The molecule has 1 saturated heterocycles. The summed E-state index contributed by atoms with van der Waals surface area (Å²) in [6, 6.07) is 6.53. The second-order valence-electron chi connectivity index (χ2n) is 6.01. The second-order valence-corrected chi connectivity index (χ2v) is 7.94. The molecule has 0 atom stereocenters. The van der Waals surface area contributed by atoms with E-state index in [4.69, 9.17) is 9.47 Å². The monoisotopic (exact) mass is 327 g/mol. The first-order chi connectivity index (χ1) is 10.4. The summed E-state index contributed by atoms with van der Waals surface area (Å²) in [5, 5.41) is 0. The predicted molar refractivity (Wildman–Crippen MR) is 85.6 cm³/mol. The fourth-order valence-corrected chi connectivity index (χ4v) is 3.93. The van der Waals surface area contributed by atoms with Crippen LogP contribution in [0.2, 0.25) is 0 Å². The van der Waals surface area contributed by atoms with Crippen molar-refractivity contribution in [2.75, 3.05) is 26.8 Å². The molecule has 2 rings (SSSR count). The molecule has 0 N–H and O–H groups in total. The van der Waals surface area contributed by atoms with Gasteiger partial charge >= 0.3 is 0 Å². The molecule has 124 valence electrons. The standard InChI is InChI=1S/C16H25NO4S/c1-13(2)12-21-15-8-10-17(11-9-15)22(18,19)16-6-4-14(20-3)5-7-16/h4-7,13,15H,8-12H2,1-3H3. The number of methoxy groups -OCH3 is 1. The minimum Gasteiger partial charge on any atom is -0.497 e. The van der Waals surface area contributed by atoms with Gasteiger partial charge in [0.25, 0.3) is 0 Å². The van der Waals surface area contributed by atoms with E-state index in [0.717, 1.165) is 19.4 Å². The number of sulfonamides is 1. The Bertz CT molecular complexity index is 560. The third-order valence-corrected chi connectivity index (χ3v) is 5.68. The molecule has 1 aliphatic heterocycles. The van der Waals surface area contributed by atoms with Gasteiger partial charge < -0.3 is 9.47 Å². The van der Waals surface area contributed by atoms with Crippen LogP contribution in [-0.4, -0.2) is 45.6 Å².